The zero-order chi connectivity index (χ0) is 27.2. The highest BCUT2D eigenvalue weighted by atomic mass is 14.1. The third-order valence-electron chi connectivity index (χ3n) is 9.12. The highest BCUT2D eigenvalue weighted by Crippen LogP contribution is 2.23. The fraction of sp³-hybridized carbons (Fsp3) is 1.00. The fourth-order valence-corrected chi connectivity index (χ4v) is 6.30. The molecule has 0 aromatic heterocycles. The third kappa shape index (κ3) is 30.4. The molecule has 0 radical (unpaired) electrons. The highest BCUT2D eigenvalue weighted by molar-refractivity contribution is 4.61. The summed E-state index contributed by atoms with van der Waals surface area (Å²) in [5.74, 6) is 2.84. The summed E-state index contributed by atoms with van der Waals surface area (Å²) in [6.45, 7) is 12.1. The van der Waals surface area contributed by atoms with Crippen LogP contribution in [0.2, 0.25) is 0 Å². The Morgan fingerprint density at radius 1 is 0.243 bits per heavy atom. The second-order valence-corrected chi connectivity index (χ2v) is 13.5. The molecule has 0 rings (SSSR count). The van der Waals surface area contributed by atoms with Gasteiger partial charge < -0.3 is 0 Å². The summed E-state index contributed by atoms with van der Waals surface area (Å²) in [6, 6.07) is 0. The first kappa shape index (κ1) is 37.0. The Morgan fingerprint density at radius 3 is 0.784 bits per heavy atom. The minimum absolute atomic E-state index is 0.945. The molecule has 0 spiro atoms. The summed E-state index contributed by atoms with van der Waals surface area (Å²) in [5, 5.41) is 0. The smallest absolute Gasteiger partial charge is 0.0443 e. The molecule has 0 nitrogen and oxygen atoms in total. The van der Waals surface area contributed by atoms with Crippen LogP contribution >= 0.6 is 0 Å². The largest absolute Gasteiger partial charge is 0.0654 e. The molecule has 0 aliphatic heterocycles. The van der Waals surface area contributed by atoms with Gasteiger partial charge in [-0.25, -0.2) is 0 Å². The lowest BCUT2D eigenvalue weighted by Crippen LogP contribution is -2.01. The molecule has 0 amide bonds. The fourth-order valence-electron chi connectivity index (χ4n) is 6.30. The lowest BCUT2D eigenvalue weighted by molar-refractivity contribution is 0.377. The van der Waals surface area contributed by atoms with Gasteiger partial charge in [-0.2, -0.15) is 0 Å². The van der Waals surface area contributed by atoms with E-state index in [0.717, 1.165) is 17.8 Å². The second-order valence-electron chi connectivity index (χ2n) is 13.5. The number of hydrogen-bond donors (Lipinski definition) is 0. The van der Waals surface area contributed by atoms with Crippen LogP contribution in [0, 0.1) is 17.8 Å². The summed E-state index contributed by atoms with van der Waals surface area (Å²) in [7, 11) is 0. The third-order valence-corrected chi connectivity index (χ3v) is 9.12. The maximum absolute atomic E-state index is 2.51. The van der Waals surface area contributed by atoms with E-state index >= 15 is 0 Å². The normalized spacial score (nSPS) is 14.2. The van der Waals surface area contributed by atoms with Gasteiger partial charge in [0.2, 0.25) is 0 Å². The molecule has 0 aromatic rings. The summed E-state index contributed by atoms with van der Waals surface area (Å²) < 4.78 is 0. The molecule has 0 bridgehead atoms. The van der Waals surface area contributed by atoms with Crippen molar-refractivity contribution in [1.82, 2.24) is 0 Å². The molecule has 37 heavy (non-hydrogen) atoms. The molecule has 0 heterocycles. The van der Waals surface area contributed by atoms with Crippen LogP contribution in [0.15, 0.2) is 0 Å². The van der Waals surface area contributed by atoms with E-state index in [1.165, 1.54) is 186 Å². The molecular formula is C37H76. The van der Waals surface area contributed by atoms with Crippen molar-refractivity contribution in [3.05, 3.63) is 0 Å². The minimum atomic E-state index is 0.945. The van der Waals surface area contributed by atoms with Gasteiger partial charge in [0, 0.05) is 0 Å². The van der Waals surface area contributed by atoms with E-state index < -0.39 is 0 Å². The standard InChI is InChI=1S/C37H76/c1-6-8-9-10-11-12-13-14-15-16-17-18-19-20-21-22-23-24-25-26-30-36(4)32-28-34-37(5)33-27-31-35(3)29-7-2/h35-37H,6-34H2,1-5H3. The van der Waals surface area contributed by atoms with Crippen molar-refractivity contribution in [3.63, 3.8) is 0 Å². The summed E-state index contributed by atoms with van der Waals surface area (Å²) in [4.78, 5) is 0. The molecule has 0 saturated carbocycles. The lowest BCUT2D eigenvalue weighted by atomic mass is 9.91. The van der Waals surface area contributed by atoms with Crippen molar-refractivity contribution < 1.29 is 0 Å². The predicted molar refractivity (Wildman–Crippen MR) is 173 cm³/mol. The maximum atomic E-state index is 2.51. The van der Waals surface area contributed by atoms with Crippen molar-refractivity contribution in [2.45, 2.75) is 221 Å². The van der Waals surface area contributed by atoms with Gasteiger partial charge in [0.15, 0.2) is 0 Å². The average Bonchev–Trinajstić information content (AvgIpc) is 2.87. The van der Waals surface area contributed by atoms with Crippen LogP contribution < -0.4 is 0 Å². The van der Waals surface area contributed by atoms with Gasteiger partial charge >= 0.3 is 0 Å². The molecule has 3 atom stereocenters. The summed E-state index contributed by atoms with van der Waals surface area (Å²) >= 11 is 0. The molecule has 0 saturated heterocycles. The maximum Gasteiger partial charge on any atom is -0.0443 e. The molecule has 0 heteroatoms. The Morgan fingerprint density at radius 2 is 0.486 bits per heavy atom. The van der Waals surface area contributed by atoms with Crippen LogP contribution in [0.5, 0.6) is 0 Å². The van der Waals surface area contributed by atoms with Crippen molar-refractivity contribution in [2.75, 3.05) is 0 Å². The molecule has 0 aliphatic carbocycles. The first-order valence-corrected chi connectivity index (χ1v) is 18.1. The minimum Gasteiger partial charge on any atom is -0.0654 e. The van der Waals surface area contributed by atoms with E-state index in [0.29, 0.717) is 0 Å². The Balaban J connectivity index is 3.24. The SMILES string of the molecule is CCCCCCCCCCCCCCCCCCCCCCC(C)CCCC(C)CCCC(C)CCC. The van der Waals surface area contributed by atoms with Crippen LogP contribution in [-0.4, -0.2) is 0 Å². The van der Waals surface area contributed by atoms with Crippen molar-refractivity contribution in [1.29, 1.82) is 0 Å². The lowest BCUT2D eigenvalue weighted by Gasteiger charge is -2.15. The predicted octanol–water partition coefficient (Wildman–Crippen LogP) is 14.2. The van der Waals surface area contributed by atoms with Gasteiger partial charge in [0.25, 0.3) is 0 Å². The van der Waals surface area contributed by atoms with E-state index in [1.54, 1.807) is 0 Å². The molecule has 0 N–H and O–H groups in total. The van der Waals surface area contributed by atoms with Gasteiger partial charge in [-0.1, -0.05) is 221 Å². The zero-order valence-corrected chi connectivity index (χ0v) is 27.2. The quantitative estimate of drug-likeness (QED) is 0.0797. The van der Waals surface area contributed by atoms with Crippen LogP contribution in [0.4, 0.5) is 0 Å². The molecule has 0 aliphatic rings. The highest BCUT2D eigenvalue weighted by Gasteiger charge is 2.07. The first-order valence-electron chi connectivity index (χ1n) is 18.1. The van der Waals surface area contributed by atoms with Gasteiger partial charge in [0.05, 0.1) is 0 Å². The van der Waals surface area contributed by atoms with Crippen molar-refractivity contribution in [2.24, 2.45) is 17.8 Å². The van der Waals surface area contributed by atoms with E-state index in [-0.39, 0.29) is 0 Å². The van der Waals surface area contributed by atoms with E-state index in [1.807, 2.05) is 0 Å². The van der Waals surface area contributed by atoms with E-state index in [4.69, 9.17) is 0 Å². The van der Waals surface area contributed by atoms with Gasteiger partial charge in [-0.3, -0.25) is 0 Å². The number of unbranched alkanes of at least 4 members (excludes halogenated alkanes) is 19. The van der Waals surface area contributed by atoms with Crippen LogP contribution in [-0.2, 0) is 0 Å². The first-order chi connectivity index (χ1) is 18.1. The molecule has 3 unspecified atom stereocenters. The summed E-state index contributed by atoms with van der Waals surface area (Å²) in [5.41, 5.74) is 0. The van der Waals surface area contributed by atoms with Crippen molar-refractivity contribution in [3.8, 4) is 0 Å². The average molecular weight is 521 g/mol. The Kier molecular flexibility index (Phi) is 30.5. The van der Waals surface area contributed by atoms with Crippen LogP contribution in [0.1, 0.15) is 221 Å². The molecule has 0 aromatic carbocycles. The van der Waals surface area contributed by atoms with E-state index in [9.17, 15) is 0 Å². The topological polar surface area (TPSA) is 0 Å². The Bertz CT molecular complexity index is 399. The zero-order valence-electron chi connectivity index (χ0n) is 27.2. The monoisotopic (exact) mass is 521 g/mol. The number of rotatable bonds is 31. The second kappa shape index (κ2) is 30.5. The van der Waals surface area contributed by atoms with Crippen LogP contribution in [0.25, 0.3) is 0 Å². The summed E-state index contributed by atoms with van der Waals surface area (Å²) in [6.07, 6.45) is 42.6. The van der Waals surface area contributed by atoms with Crippen LogP contribution in [0.3, 0.4) is 0 Å². The molecule has 224 valence electrons. The van der Waals surface area contributed by atoms with Crippen molar-refractivity contribution >= 4 is 0 Å². The molecule has 0 fully saturated rings. The van der Waals surface area contributed by atoms with Gasteiger partial charge in [-0.05, 0) is 17.8 Å². The van der Waals surface area contributed by atoms with Gasteiger partial charge in [0.1, 0.15) is 0 Å². The number of hydrogen-bond acceptors (Lipinski definition) is 0. The van der Waals surface area contributed by atoms with Gasteiger partial charge in [-0.15, -0.1) is 0 Å². The molecular weight excluding hydrogens is 444 g/mol. The van der Waals surface area contributed by atoms with E-state index in [2.05, 4.69) is 34.6 Å². The Labute approximate surface area is 238 Å². The Hall–Kier alpha value is 0.